The molecule has 2 aromatic carbocycles. The van der Waals surface area contributed by atoms with Gasteiger partial charge in [0.2, 0.25) is 10.0 Å². The van der Waals surface area contributed by atoms with E-state index in [2.05, 4.69) is 10.0 Å². The number of sulfonamides is 1. The fourth-order valence-corrected chi connectivity index (χ4v) is 4.79. The number of rotatable bonds is 6. The summed E-state index contributed by atoms with van der Waals surface area (Å²) in [6.45, 7) is 1.85. The highest BCUT2D eigenvalue weighted by molar-refractivity contribution is 7.89. The van der Waals surface area contributed by atoms with Gasteiger partial charge in [-0.3, -0.25) is 4.79 Å². The van der Waals surface area contributed by atoms with Gasteiger partial charge in [0, 0.05) is 6.04 Å². The van der Waals surface area contributed by atoms with Crippen LogP contribution in [0.2, 0.25) is 0 Å². The molecule has 2 aromatic rings. The van der Waals surface area contributed by atoms with E-state index in [1.54, 1.807) is 12.1 Å². The predicted molar refractivity (Wildman–Crippen MR) is 109 cm³/mol. The smallest absolute Gasteiger partial charge is 0.258 e. The van der Waals surface area contributed by atoms with E-state index in [1.807, 2.05) is 13.0 Å². The SMILES string of the molecule is COc1ccc(C)cc1NC(=O)c1cc(S(=O)(=O)NC2CCCCC2)ccc1F. The van der Waals surface area contributed by atoms with Gasteiger partial charge in [-0.1, -0.05) is 25.3 Å². The first-order chi connectivity index (χ1) is 13.8. The molecule has 3 rings (SSSR count). The Kier molecular flexibility index (Phi) is 6.54. The first-order valence-electron chi connectivity index (χ1n) is 9.58. The molecule has 6 nitrogen and oxygen atoms in total. The van der Waals surface area contributed by atoms with Gasteiger partial charge in [-0.15, -0.1) is 0 Å². The van der Waals surface area contributed by atoms with Crippen LogP contribution < -0.4 is 14.8 Å². The van der Waals surface area contributed by atoms with Gasteiger partial charge in [-0.05, 0) is 55.7 Å². The van der Waals surface area contributed by atoms with Crippen LogP contribution in [-0.2, 0) is 10.0 Å². The highest BCUT2D eigenvalue weighted by atomic mass is 32.2. The summed E-state index contributed by atoms with van der Waals surface area (Å²) >= 11 is 0. The molecule has 1 amide bonds. The highest BCUT2D eigenvalue weighted by Crippen LogP contribution is 2.27. The molecule has 0 unspecified atom stereocenters. The number of benzene rings is 2. The van der Waals surface area contributed by atoms with Crippen LogP contribution in [-0.4, -0.2) is 27.5 Å². The van der Waals surface area contributed by atoms with E-state index < -0.39 is 21.7 Å². The lowest BCUT2D eigenvalue weighted by Gasteiger charge is -2.22. The molecule has 8 heteroatoms. The molecular formula is C21H25FN2O4S. The minimum absolute atomic E-state index is 0.132. The number of anilines is 1. The van der Waals surface area contributed by atoms with Crippen molar-refractivity contribution in [2.45, 2.75) is 50.0 Å². The van der Waals surface area contributed by atoms with Crippen molar-refractivity contribution in [2.24, 2.45) is 0 Å². The second-order valence-corrected chi connectivity index (χ2v) is 8.97. The fourth-order valence-electron chi connectivity index (χ4n) is 3.46. The third-order valence-electron chi connectivity index (χ3n) is 5.02. The quantitative estimate of drug-likeness (QED) is 0.740. The predicted octanol–water partition coefficient (Wildman–Crippen LogP) is 4.01. The van der Waals surface area contributed by atoms with Crippen LogP contribution in [0, 0.1) is 12.7 Å². The molecule has 0 spiro atoms. The first kappa shape index (κ1) is 21.3. The van der Waals surface area contributed by atoms with Gasteiger partial charge in [0.05, 0.1) is 23.3 Å². The Labute approximate surface area is 170 Å². The largest absolute Gasteiger partial charge is 0.495 e. The van der Waals surface area contributed by atoms with Crippen LogP contribution in [0.4, 0.5) is 10.1 Å². The van der Waals surface area contributed by atoms with Gasteiger partial charge in [0.1, 0.15) is 11.6 Å². The zero-order valence-corrected chi connectivity index (χ0v) is 17.3. The second-order valence-electron chi connectivity index (χ2n) is 7.26. The van der Waals surface area contributed by atoms with Crippen molar-refractivity contribution in [1.82, 2.24) is 4.72 Å². The Morgan fingerprint density at radius 1 is 1.10 bits per heavy atom. The number of hydrogen-bond donors (Lipinski definition) is 2. The van der Waals surface area contributed by atoms with Crippen molar-refractivity contribution in [3.63, 3.8) is 0 Å². The maximum Gasteiger partial charge on any atom is 0.258 e. The first-order valence-corrected chi connectivity index (χ1v) is 11.1. The number of ether oxygens (including phenoxy) is 1. The molecule has 1 fully saturated rings. The molecule has 1 saturated carbocycles. The lowest BCUT2D eigenvalue weighted by Crippen LogP contribution is -2.36. The standard InChI is InChI=1S/C21H25FN2O4S/c1-14-8-11-20(28-2)19(12-14)23-21(25)17-13-16(9-10-18(17)22)29(26,27)24-15-6-4-3-5-7-15/h8-13,15,24H,3-7H2,1-2H3,(H,23,25). The molecule has 0 atom stereocenters. The molecule has 0 aliphatic heterocycles. The van der Waals surface area contributed by atoms with E-state index in [0.29, 0.717) is 11.4 Å². The van der Waals surface area contributed by atoms with Crippen LogP contribution in [0.25, 0.3) is 0 Å². The lowest BCUT2D eigenvalue weighted by atomic mass is 9.96. The van der Waals surface area contributed by atoms with Gasteiger partial charge in [-0.2, -0.15) is 0 Å². The Morgan fingerprint density at radius 2 is 1.83 bits per heavy atom. The van der Waals surface area contributed by atoms with Crippen molar-refractivity contribution < 1.29 is 22.3 Å². The van der Waals surface area contributed by atoms with Crippen molar-refractivity contribution in [2.75, 3.05) is 12.4 Å². The van der Waals surface area contributed by atoms with Crippen molar-refractivity contribution >= 4 is 21.6 Å². The van der Waals surface area contributed by atoms with Gasteiger partial charge in [0.25, 0.3) is 5.91 Å². The molecule has 0 saturated heterocycles. The molecule has 0 heterocycles. The van der Waals surface area contributed by atoms with Gasteiger partial charge < -0.3 is 10.1 Å². The number of amides is 1. The Morgan fingerprint density at radius 3 is 2.52 bits per heavy atom. The molecular weight excluding hydrogens is 395 g/mol. The number of methoxy groups -OCH3 is 1. The van der Waals surface area contributed by atoms with Gasteiger partial charge in [-0.25, -0.2) is 17.5 Å². The van der Waals surface area contributed by atoms with E-state index in [0.717, 1.165) is 49.8 Å². The summed E-state index contributed by atoms with van der Waals surface area (Å²) in [5.74, 6) is -1.13. The average Bonchev–Trinajstić information content (AvgIpc) is 2.68. The Balaban J connectivity index is 1.85. The van der Waals surface area contributed by atoms with E-state index >= 15 is 0 Å². The van der Waals surface area contributed by atoms with Crippen LogP contribution in [0.1, 0.15) is 48.0 Å². The molecule has 156 valence electrons. The molecule has 2 N–H and O–H groups in total. The number of halogens is 1. The van der Waals surface area contributed by atoms with Crippen molar-refractivity contribution in [1.29, 1.82) is 0 Å². The second kappa shape index (κ2) is 8.92. The Hall–Kier alpha value is -2.45. The minimum Gasteiger partial charge on any atom is -0.495 e. The maximum absolute atomic E-state index is 14.3. The molecule has 29 heavy (non-hydrogen) atoms. The van der Waals surface area contributed by atoms with Crippen LogP contribution in [0.15, 0.2) is 41.3 Å². The van der Waals surface area contributed by atoms with Crippen molar-refractivity contribution in [3.8, 4) is 5.75 Å². The van der Waals surface area contributed by atoms with E-state index in [4.69, 9.17) is 4.74 Å². The molecule has 0 aromatic heterocycles. The summed E-state index contributed by atoms with van der Waals surface area (Å²) in [5.41, 5.74) is 0.917. The summed E-state index contributed by atoms with van der Waals surface area (Å²) in [4.78, 5) is 12.5. The minimum atomic E-state index is -3.85. The third-order valence-corrected chi connectivity index (χ3v) is 6.54. The van der Waals surface area contributed by atoms with Crippen LogP contribution >= 0.6 is 0 Å². The zero-order valence-electron chi connectivity index (χ0n) is 16.5. The van der Waals surface area contributed by atoms with E-state index in [1.165, 1.54) is 13.2 Å². The monoisotopic (exact) mass is 420 g/mol. The number of carbonyl (C=O) groups excluding carboxylic acids is 1. The number of aryl methyl sites for hydroxylation is 1. The molecule has 0 radical (unpaired) electrons. The average molecular weight is 421 g/mol. The lowest BCUT2D eigenvalue weighted by molar-refractivity contribution is 0.102. The fraction of sp³-hybridized carbons (Fsp3) is 0.381. The third kappa shape index (κ3) is 5.13. The topological polar surface area (TPSA) is 84.5 Å². The van der Waals surface area contributed by atoms with Crippen LogP contribution in [0.3, 0.4) is 0 Å². The Bertz CT molecular complexity index is 1000. The summed E-state index contributed by atoms with van der Waals surface area (Å²) < 4.78 is 47.6. The summed E-state index contributed by atoms with van der Waals surface area (Å²) in [6.07, 6.45) is 4.61. The zero-order chi connectivity index (χ0) is 21.0. The van der Waals surface area contributed by atoms with E-state index in [9.17, 15) is 17.6 Å². The van der Waals surface area contributed by atoms with Crippen LogP contribution in [0.5, 0.6) is 5.75 Å². The number of nitrogens with one attached hydrogen (secondary N) is 2. The van der Waals surface area contributed by atoms with Gasteiger partial charge in [0.15, 0.2) is 0 Å². The normalized spacial score (nSPS) is 15.1. The number of carbonyl (C=O) groups is 1. The summed E-state index contributed by atoms with van der Waals surface area (Å²) in [7, 11) is -2.38. The van der Waals surface area contributed by atoms with E-state index in [-0.39, 0.29) is 16.5 Å². The maximum atomic E-state index is 14.3. The molecule has 1 aliphatic rings. The molecule has 1 aliphatic carbocycles. The van der Waals surface area contributed by atoms with Gasteiger partial charge >= 0.3 is 0 Å². The van der Waals surface area contributed by atoms with Crippen molar-refractivity contribution in [3.05, 3.63) is 53.3 Å². The summed E-state index contributed by atoms with van der Waals surface area (Å²) in [6, 6.07) is 8.31. The highest BCUT2D eigenvalue weighted by Gasteiger charge is 2.24. The molecule has 0 bridgehead atoms. The summed E-state index contributed by atoms with van der Waals surface area (Å²) in [5, 5.41) is 2.60. The number of hydrogen-bond acceptors (Lipinski definition) is 4.